The average Bonchev–Trinajstić information content (AvgIpc) is 3.13. The maximum absolute atomic E-state index is 12.5. The number of piperazine rings is 1. The number of rotatable bonds is 3. The van der Waals surface area contributed by atoms with Crippen molar-refractivity contribution >= 4 is 33.8 Å². The first-order chi connectivity index (χ1) is 12.2. The highest BCUT2D eigenvalue weighted by Crippen LogP contribution is 2.33. The van der Waals surface area contributed by atoms with Crippen molar-refractivity contribution in [2.75, 3.05) is 61.5 Å². The van der Waals surface area contributed by atoms with Crippen molar-refractivity contribution in [1.82, 2.24) is 10.3 Å². The van der Waals surface area contributed by atoms with E-state index in [1.165, 1.54) is 11.3 Å². The molecule has 1 aromatic heterocycles. The second kappa shape index (κ2) is 6.89. The van der Waals surface area contributed by atoms with Gasteiger partial charge in [0.1, 0.15) is 18.1 Å². The molecule has 1 aromatic carbocycles. The summed E-state index contributed by atoms with van der Waals surface area (Å²) < 4.78 is 5.63. The number of carbonyl (C=O) groups excluding carboxylic acids is 1. The minimum absolute atomic E-state index is 0.183. The maximum atomic E-state index is 12.5. The van der Waals surface area contributed by atoms with Crippen LogP contribution in [0.5, 0.6) is 5.75 Å². The van der Waals surface area contributed by atoms with E-state index in [1.54, 1.807) is 0 Å². The molecule has 3 heterocycles. The van der Waals surface area contributed by atoms with Gasteiger partial charge in [0.25, 0.3) is 5.91 Å². The third-order valence-corrected chi connectivity index (χ3v) is 5.33. The molecule has 132 valence electrons. The molecule has 2 aliphatic rings. The monoisotopic (exact) mass is 359 g/mol. The summed E-state index contributed by atoms with van der Waals surface area (Å²) in [4.78, 5) is 21.4. The third kappa shape index (κ3) is 3.40. The molecule has 1 amide bonds. The number of nitrogens with zero attached hydrogens (tertiary/aromatic N) is 3. The van der Waals surface area contributed by atoms with Gasteiger partial charge < -0.3 is 25.2 Å². The Kier molecular flexibility index (Phi) is 4.46. The molecule has 0 spiro atoms. The van der Waals surface area contributed by atoms with Gasteiger partial charge in [-0.1, -0.05) is 0 Å². The largest absolute Gasteiger partial charge is 0.490 e. The zero-order valence-corrected chi connectivity index (χ0v) is 14.9. The lowest BCUT2D eigenvalue weighted by Gasteiger charge is -2.28. The summed E-state index contributed by atoms with van der Waals surface area (Å²) in [7, 11) is 2.02. The van der Waals surface area contributed by atoms with Gasteiger partial charge in [0.15, 0.2) is 5.13 Å². The van der Waals surface area contributed by atoms with E-state index in [-0.39, 0.29) is 5.91 Å². The minimum Gasteiger partial charge on any atom is -0.490 e. The number of hydrogen-bond acceptors (Lipinski definition) is 7. The number of carbonyl (C=O) groups is 1. The van der Waals surface area contributed by atoms with Gasteiger partial charge in [0.2, 0.25) is 0 Å². The Bertz CT molecular complexity index is 772. The molecule has 0 aliphatic carbocycles. The Morgan fingerprint density at radius 1 is 1.32 bits per heavy atom. The molecular formula is C17H21N5O2S. The molecule has 0 atom stereocenters. The average molecular weight is 359 g/mol. The van der Waals surface area contributed by atoms with Crippen molar-refractivity contribution in [3.8, 4) is 5.75 Å². The van der Waals surface area contributed by atoms with Gasteiger partial charge in [-0.3, -0.25) is 4.79 Å². The molecule has 0 unspecified atom stereocenters. The topological polar surface area (TPSA) is 69.7 Å². The summed E-state index contributed by atoms with van der Waals surface area (Å²) in [5.74, 6) is 0.665. The molecule has 7 nitrogen and oxygen atoms in total. The number of hydrogen-bond donors (Lipinski definition) is 2. The predicted octanol–water partition coefficient (Wildman–Crippen LogP) is 1.63. The number of thiazole rings is 1. The van der Waals surface area contributed by atoms with Crippen molar-refractivity contribution in [1.29, 1.82) is 0 Å². The lowest BCUT2D eigenvalue weighted by molar-refractivity contribution is 0.102. The number of nitrogens with one attached hydrogen (secondary N) is 2. The van der Waals surface area contributed by atoms with E-state index >= 15 is 0 Å². The van der Waals surface area contributed by atoms with E-state index < -0.39 is 0 Å². The Hall–Kier alpha value is -2.32. The predicted molar refractivity (Wildman–Crippen MR) is 100 cm³/mol. The van der Waals surface area contributed by atoms with Crippen LogP contribution < -0.4 is 25.2 Å². The Morgan fingerprint density at radius 2 is 2.16 bits per heavy atom. The third-order valence-electron chi connectivity index (χ3n) is 4.42. The number of aromatic nitrogens is 1. The summed E-state index contributed by atoms with van der Waals surface area (Å²) in [6.45, 7) is 5.27. The second-order valence-electron chi connectivity index (χ2n) is 6.16. The van der Waals surface area contributed by atoms with Crippen LogP contribution >= 0.6 is 11.3 Å². The SMILES string of the molecule is CN1CCOc2ccc(NC(=O)c3csc(N4CCNCC4)n3)cc21. The van der Waals surface area contributed by atoms with Crippen LogP contribution in [-0.4, -0.2) is 57.3 Å². The molecule has 8 heteroatoms. The standard InChI is InChI=1S/C17H21N5O2S/c1-21-8-9-24-15-3-2-12(10-14(15)21)19-16(23)13-11-25-17(20-13)22-6-4-18-5-7-22/h2-3,10-11,18H,4-9H2,1H3,(H,19,23). The lowest BCUT2D eigenvalue weighted by atomic mass is 10.2. The van der Waals surface area contributed by atoms with Crippen LogP contribution in [0.3, 0.4) is 0 Å². The van der Waals surface area contributed by atoms with Crippen LogP contribution in [0, 0.1) is 0 Å². The molecule has 2 aliphatic heterocycles. The Morgan fingerprint density at radius 3 is 3.00 bits per heavy atom. The van der Waals surface area contributed by atoms with Crippen LogP contribution in [0.1, 0.15) is 10.5 Å². The minimum atomic E-state index is -0.183. The molecule has 2 aromatic rings. The van der Waals surface area contributed by atoms with Crippen molar-refractivity contribution < 1.29 is 9.53 Å². The van der Waals surface area contributed by atoms with E-state index in [9.17, 15) is 4.79 Å². The molecule has 0 bridgehead atoms. The lowest BCUT2D eigenvalue weighted by Crippen LogP contribution is -2.43. The van der Waals surface area contributed by atoms with Crippen molar-refractivity contribution in [3.63, 3.8) is 0 Å². The normalized spacial score (nSPS) is 17.0. The summed E-state index contributed by atoms with van der Waals surface area (Å²) in [6, 6.07) is 5.70. The second-order valence-corrected chi connectivity index (χ2v) is 7.00. The smallest absolute Gasteiger partial charge is 0.275 e. The van der Waals surface area contributed by atoms with Gasteiger partial charge in [0.05, 0.1) is 12.2 Å². The zero-order valence-electron chi connectivity index (χ0n) is 14.1. The number of amides is 1. The fraction of sp³-hybridized carbons (Fsp3) is 0.412. The first-order valence-electron chi connectivity index (χ1n) is 8.41. The molecule has 4 rings (SSSR count). The zero-order chi connectivity index (χ0) is 17.2. The van der Waals surface area contributed by atoms with Gasteiger partial charge >= 0.3 is 0 Å². The van der Waals surface area contributed by atoms with Gasteiger partial charge in [0, 0.05) is 44.3 Å². The van der Waals surface area contributed by atoms with Crippen LogP contribution in [0.2, 0.25) is 0 Å². The summed E-state index contributed by atoms with van der Waals surface area (Å²) in [6.07, 6.45) is 0. The quantitative estimate of drug-likeness (QED) is 0.868. The number of ether oxygens (including phenoxy) is 1. The van der Waals surface area contributed by atoms with Gasteiger partial charge in [-0.15, -0.1) is 11.3 Å². The number of fused-ring (bicyclic) bond motifs is 1. The molecule has 1 saturated heterocycles. The highest BCUT2D eigenvalue weighted by Gasteiger charge is 2.19. The van der Waals surface area contributed by atoms with E-state index in [4.69, 9.17) is 4.74 Å². The summed E-state index contributed by atoms with van der Waals surface area (Å²) in [5, 5.41) is 8.98. The molecule has 25 heavy (non-hydrogen) atoms. The molecule has 2 N–H and O–H groups in total. The summed E-state index contributed by atoms with van der Waals surface area (Å²) in [5.41, 5.74) is 2.20. The molecule has 0 saturated carbocycles. The highest BCUT2D eigenvalue weighted by atomic mass is 32.1. The van der Waals surface area contributed by atoms with Crippen molar-refractivity contribution in [3.05, 3.63) is 29.3 Å². The molecule has 0 radical (unpaired) electrons. The van der Waals surface area contributed by atoms with E-state index in [0.29, 0.717) is 12.3 Å². The highest BCUT2D eigenvalue weighted by molar-refractivity contribution is 7.14. The van der Waals surface area contributed by atoms with Gasteiger partial charge in [-0.2, -0.15) is 0 Å². The van der Waals surface area contributed by atoms with Gasteiger partial charge in [-0.25, -0.2) is 4.98 Å². The van der Waals surface area contributed by atoms with Crippen molar-refractivity contribution in [2.45, 2.75) is 0 Å². The van der Waals surface area contributed by atoms with Crippen LogP contribution in [0.15, 0.2) is 23.6 Å². The first-order valence-corrected chi connectivity index (χ1v) is 9.29. The van der Waals surface area contributed by atoms with E-state index in [1.807, 2.05) is 30.6 Å². The van der Waals surface area contributed by atoms with E-state index in [2.05, 4.69) is 25.4 Å². The van der Waals surface area contributed by atoms with Crippen LogP contribution in [-0.2, 0) is 0 Å². The summed E-state index contributed by atoms with van der Waals surface area (Å²) >= 11 is 1.52. The fourth-order valence-corrected chi connectivity index (χ4v) is 3.85. The number of benzene rings is 1. The first kappa shape index (κ1) is 16.2. The molecule has 1 fully saturated rings. The van der Waals surface area contributed by atoms with Crippen molar-refractivity contribution in [2.24, 2.45) is 0 Å². The maximum Gasteiger partial charge on any atom is 0.275 e. The Labute approximate surface area is 150 Å². The van der Waals surface area contributed by atoms with Crippen LogP contribution in [0.25, 0.3) is 0 Å². The number of likely N-dealkylation sites (N-methyl/N-ethyl adjacent to an activating group) is 1. The fourth-order valence-electron chi connectivity index (χ4n) is 2.99. The van der Waals surface area contributed by atoms with Crippen LogP contribution in [0.4, 0.5) is 16.5 Å². The van der Waals surface area contributed by atoms with E-state index in [0.717, 1.165) is 55.0 Å². The number of anilines is 3. The molecular weight excluding hydrogens is 338 g/mol. The Balaban J connectivity index is 1.47. The van der Waals surface area contributed by atoms with Gasteiger partial charge in [-0.05, 0) is 18.2 Å².